The summed E-state index contributed by atoms with van der Waals surface area (Å²) in [4.78, 5) is 32.4. The number of hydrogen-bond donors (Lipinski definition) is 1. The van der Waals surface area contributed by atoms with Gasteiger partial charge in [-0.1, -0.05) is 22.0 Å². The molecule has 6 rings (SSSR count). The third-order valence-electron chi connectivity index (χ3n) is 8.03. The van der Waals surface area contributed by atoms with Crippen LogP contribution in [-0.2, 0) is 9.59 Å². The quantitative estimate of drug-likeness (QED) is 0.644. The zero-order chi connectivity index (χ0) is 20.9. The van der Waals surface area contributed by atoms with Crippen molar-refractivity contribution < 1.29 is 9.59 Å². The van der Waals surface area contributed by atoms with Crippen LogP contribution < -0.4 is 5.32 Å². The summed E-state index contributed by atoms with van der Waals surface area (Å²) < 4.78 is 0.280. The standard InChI is InChI=1S/C24H32BrN3O2/c1-16-4-2-6-26-21(16)27-22(30)19-5-3-7-28(14-19)20(29)13-23-9-17-8-18(10-23)12-24(25,11-17)15-23/h2,4,6,17-19H,3,5,7-15H2,1H3,(H,26,27,30). The Morgan fingerprint density at radius 1 is 1.27 bits per heavy atom. The van der Waals surface area contributed by atoms with Crippen LogP contribution in [0.5, 0.6) is 0 Å². The van der Waals surface area contributed by atoms with Gasteiger partial charge in [0.25, 0.3) is 0 Å². The fourth-order valence-corrected chi connectivity index (χ4v) is 8.74. The zero-order valence-electron chi connectivity index (χ0n) is 17.8. The Morgan fingerprint density at radius 3 is 2.73 bits per heavy atom. The highest BCUT2D eigenvalue weighted by Crippen LogP contribution is 2.65. The number of halogens is 1. The molecule has 6 heteroatoms. The second-order valence-electron chi connectivity index (χ2n) is 10.6. The highest BCUT2D eigenvalue weighted by Gasteiger charge is 2.57. The molecule has 4 bridgehead atoms. The number of carbonyl (C=O) groups excluding carboxylic acids is 2. The van der Waals surface area contributed by atoms with Gasteiger partial charge in [-0.2, -0.15) is 0 Å². The first-order valence-electron chi connectivity index (χ1n) is 11.5. The van der Waals surface area contributed by atoms with Crippen molar-refractivity contribution in [2.75, 3.05) is 18.4 Å². The minimum atomic E-state index is -0.150. The van der Waals surface area contributed by atoms with E-state index in [1.165, 1.54) is 32.1 Å². The molecule has 5 nitrogen and oxygen atoms in total. The van der Waals surface area contributed by atoms with Gasteiger partial charge in [-0.3, -0.25) is 9.59 Å². The molecule has 0 radical (unpaired) electrons. The second kappa shape index (κ2) is 7.61. The molecule has 162 valence electrons. The van der Waals surface area contributed by atoms with E-state index in [0.29, 0.717) is 18.8 Å². The van der Waals surface area contributed by atoms with Crippen molar-refractivity contribution >= 4 is 33.6 Å². The molecule has 0 aromatic carbocycles. The normalized spacial score (nSPS) is 37.3. The summed E-state index contributed by atoms with van der Waals surface area (Å²) in [5.41, 5.74) is 1.14. The van der Waals surface area contributed by atoms with Crippen molar-refractivity contribution in [2.24, 2.45) is 23.2 Å². The Morgan fingerprint density at radius 2 is 2.03 bits per heavy atom. The number of alkyl halides is 1. The summed E-state index contributed by atoms with van der Waals surface area (Å²) in [6.07, 6.45) is 11.6. The molecule has 0 spiro atoms. The predicted molar refractivity (Wildman–Crippen MR) is 120 cm³/mol. The molecule has 1 aromatic heterocycles. The smallest absolute Gasteiger partial charge is 0.230 e. The van der Waals surface area contributed by atoms with Crippen molar-refractivity contribution in [1.82, 2.24) is 9.88 Å². The Bertz CT molecular complexity index is 843. The molecule has 5 fully saturated rings. The Hall–Kier alpha value is -1.43. The molecule has 1 aromatic rings. The number of anilines is 1. The summed E-state index contributed by atoms with van der Waals surface area (Å²) >= 11 is 4.06. The average molecular weight is 474 g/mol. The van der Waals surface area contributed by atoms with E-state index in [1.54, 1.807) is 6.20 Å². The lowest BCUT2D eigenvalue weighted by atomic mass is 9.48. The predicted octanol–water partition coefficient (Wildman–Crippen LogP) is 4.69. The van der Waals surface area contributed by atoms with Crippen molar-refractivity contribution in [3.63, 3.8) is 0 Å². The lowest BCUT2D eigenvalue weighted by molar-refractivity contribution is -0.141. The van der Waals surface area contributed by atoms with Gasteiger partial charge >= 0.3 is 0 Å². The number of aromatic nitrogens is 1. The maximum Gasteiger partial charge on any atom is 0.230 e. The van der Waals surface area contributed by atoms with E-state index in [9.17, 15) is 9.59 Å². The topological polar surface area (TPSA) is 62.3 Å². The van der Waals surface area contributed by atoms with Gasteiger partial charge in [0.15, 0.2) is 0 Å². The number of hydrogen-bond acceptors (Lipinski definition) is 3. The van der Waals surface area contributed by atoms with Crippen LogP contribution in [0.2, 0.25) is 0 Å². The molecular formula is C24H32BrN3O2. The van der Waals surface area contributed by atoms with Crippen LogP contribution in [0.1, 0.15) is 63.4 Å². The first kappa shape index (κ1) is 20.5. The fraction of sp³-hybridized carbons (Fsp3) is 0.708. The van der Waals surface area contributed by atoms with Gasteiger partial charge < -0.3 is 10.2 Å². The largest absolute Gasteiger partial charge is 0.342 e. The third-order valence-corrected chi connectivity index (χ3v) is 8.96. The van der Waals surface area contributed by atoms with E-state index in [0.717, 1.165) is 43.2 Å². The Balaban J connectivity index is 1.22. The molecule has 1 saturated heterocycles. The van der Waals surface area contributed by atoms with Crippen molar-refractivity contribution in [1.29, 1.82) is 0 Å². The van der Waals surface area contributed by atoms with Crippen LogP contribution in [0.25, 0.3) is 0 Å². The van der Waals surface area contributed by atoms with Crippen LogP contribution in [0.4, 0.5) is 5.82 Å². The number of piperidine rings is 1. The summed E-state index contributed by atoms with van der Waals surface area (Å²) in [6.45, 7) is 3.27. The van der Waals surface area contributed by atoms with Crippen LogP contribution in [0.15, 0.2) is 18.3 Å². The molecule has 3 atom stereocenters. The van der Waals surface area contributed by atoms with Gasteiger partial charge in [0.1, 0.15) is 5.82 Å². The van der Waals surface area contributed by atoms with Gasteiger partial charge in [0.05, 0.1) is 5.92 Å². The first-order valence-corrected chi connectivity index (χ1v) is 12.3. The number of rotatable bonds is 4. The van der Waals surface area contributed by atoms with E-state index >= 15 is 0 Å². The van der Waals surface area contributed by atoms with E-state index < -0.39 is 0 Å². The van der Waals surface area contributed by atoms with Gasteiger partial charge in [-0.25, -0.2) is 4.98 Å². The van der Waals surface area contributed by atoms with E-state index in [1.807, 2.05) is 24.0 Å². The van der Waals surface area contributed by atoms with Crippen LogP contribution in [0, 0.1) is 30.1 Å². The fourth-order valence-electron chi connectivity index (χ4n) is 7.23. The third kappa shape index (κ3) is 3.92. The minimum Gasteiger partial charge on any atom is -0.342 e. The average Bonchev–Trinajstić information content (AvgIpc) is 2.67. The summed E-state index contributed by atoms with van der Waals surface area (Å²) in [7, 11) is 0. The lowest BCUT2D eigenvalue weighted by Gasteiger charge is -2.60. The molecule has 1 aliphatic heterocycles. The molecule has 4 saturated carbocycles. The molecule has 1 N–H and O–H groups in total. The van der Waals surface area contributed by atoms with Gasteiger partial charge in [-0.05, 0) is 87.2 Å². The molecule has 3 unspecified atom stereocenters. The Kier molecular flexibility index (Phi) is 5.19. The van der Waals surface area contributed by atoms with E-state index in [-0.39, 0.29) is 27.5 Å². The summed E-state index contributed by atoms with van der Waals surface area (Å²) in [5.74, 6) is 2.31. The van der Waals surface area contributed by atoms with Gasteiger partial charge in [0, 0.05) is 30.0 Å². The van der Waals surface area contributed by atoms with Crippen molar-refractivity contribution in [2.45, 2.75) is 69.0 Å². The van der Waals surface area contributed by atoms with Crippen molar-refractivity contribution in [3.8, 4) is 0 Å². The number of amides is 2. The SMILES string of the molecule is Cc1cccnc1NC(=O)C1CCCN(C(=O)CC23CC4CC(CC(Br)(C4)C2)C3)C1. The van der Waals surface area contributed by atoms with Crippen LogP contribution in [-0.4, -0.2) is 39.1 Å². The molecule has 30 heavy (non-hydrogen) atoms. The van der Waals surface area contributed by atoms with Crippen LogP contribution >= 0.6 is 15.9 Å². The van der Waals surface area contributed by atoms with E-state index in [2.05, 4.69) is 26.2 Å². The number of likely N-dealkylation sites (tertiary alicyclic amines) is 1. The van der Waals surface area contributed by atoms with Crippen molar-refractivity contribution in [3.05, 3.63) is 23.9 Å². The second-order valence-corrected chi connectivity index (χ2v) is 12.3. The number of nitrogens with zero attached hydrogens (tertiary/aromatic N) is 2. The highest BCUT2D eigenvalue weighted by atomic mass is 79.9. The molecule has 2 heterocycles. The Labute approximate surface area is 187 Å². The minimum absolute atomic E-state index is 0.0106. The number of aryl methyl sites for hydroxylation is 1. The van der Waals surface area contributed by atoms with Gasteiger partial charge in [0.2, 0.25) is 11.8 Å². The molecule has 5 aliphatic rings. The zero-order valence-corrected chi connectivity index (χ0v) is 19.4. The highest BCUT2D eigenvalue weighted by molar-refractivity contribution is 9.10. The van der Waals surface area contributed by atoms with Gasteiger partial charge in [-0.15, -0.1) is 0 Å². The maximum absolute atomic E-state index is 13.3. The molecule has 4 aliphatic carbocycles. The number of pyridine rings is 1. The monoisotopic (exact) mass is 473 g/mol. The number of carbonyl (C=O) groups is 2. The lowest BCUT2D eigenvalue weighted by Crippen LogP contribution is -2.54. The molecular weight excluding hydrogens is 442 g/mol. The van der Waals surface area contributed by atoms with E-state index in [4.69, 9.17) is 0 Å². The number of nitrogens with one attached hydrogen (secondary N) is 1. The summed E-state index contributed by atoms with van der Waals surface area (Å²) in [6, 6.07) is 3.81. The first-order chi connectivity index (χ1) is 14.3. The summed E-state index contributed by atoms with van der Waals surface area (Å²) in [5, 5.41) is 2.98. The maximum atomic E-state index is 13.3. The van der Waals surface area contributed by atoms with Crippen LogP contribution in [0.3, 0.4) is 0 Å². The molecule has 2 amide bonds.